The molecule has 9 nitrogen and oxygen atoms in total. The molecule has 0 fully saturated rings. The van der Waals surface area contributed by atoms with E-state index in [2.05, 4.69) is 10.1 Å². The van der Waals surface area contributed by atoms with E-state index in [0.29, 0.717) is 32.0 Å². The third-order valence-electron chi connectivity index (χ3n) is 6.74. The first-order valence-electron chi connectivity index (χ1n) is 12.6. The molecular formula is C29H29N5O4S. The Labute approximate surface area is 229 Å². The summed E-state index contributed by atoms with van der Waals surface area (Å²) in [5.74, 6) is -1.43. The van der Waals surface area contributed by atoms with Crippen molar-refractivity contribution in [2.75, 3.05) is 30.6 Å². The van der Waals surface area contributed by atoms with E-state index >= 15 is 0 Å². The summed E-state index contributed by atoms with van der Waals surface area (Å²) < 4.78 is 7.26. The number of hydrogen-bond acceptors (Lipinski definition) is 8. The topological polar surface area (TPSA) is 96.6 Å². The van der Waals surface area contributed by atoms with Crippen LogP contribution in [-0.2, 0) is 14.3 Å². The van der Waals surface area contributed by atoms with Crippen LogP contribution in [0.4, 0.5) is 11.4 Å². The van der Waals surface area contributed by atoms with Gasteiger partial charge in [0, 0.05) is 19.8 Å². The van der Waals surface area contributed by atoms with Crippen LogP contribution < -0.4 is 24.8 Å². The molecule has 0 bridgehead atoms. The van der Waals surface area contributed by atoms with Gasteiger partial charge in [-0.1, -0.05) is 41.7 Å². The number of nitrogens with zero attached hydrogens (tertiary/aromatic N) is 5. The van der Waals surface area contributed by atoms with E-state index in [1.54, 1.807) is 26.8 Å². The number of amides is 1. The monoisotopic (exact) mass is 543 g/mol. The van der Waals surface area contributed by atoms with E-state index in [0.717, 1.165) is 11.3 Å². The molecule has 39 heavy (non-hydrogen) atoms. The molecule has 1 amide bonds. The zero-order valence-corrected chi connectivity index (χ0v) is 23.2. The van der Waals surface area contributed by atoms with Crippen LogP contribution in [0.2, 0.25) is 0 Å². The Bertz CT molecular complexity index is 1680. The lowest BCUT2D eigenvalue weighted by Gasteiger charge is -2.25. The van der Waals surface area contributed by atoms with Gasteiger partial charge in [-0.3, -0.25) is 14.2 Å². The number of anilines is 2. The summed E-state index contributed by atoms with van der Waals surface area (Å²) in [7, 11) is 3.89. The van der Waals surface area contributed by atoms with E-state index in [1.165, 1.54) is 20.9 Å². The normalized spacial score (nSPS) is 19.1. The molecule has 3 aromatic rings. The zero-order valence-electron chi connectivity index (χ0n) is 22.4. The first-order valence-corrected chi connectivity index (χ1v) is 13.4. The Morgan fingerprint density at radius 1 is 1.08 bits per heavy atom. The van der Waals surface area contributed by atoms with E-state index in [4.69, 9.17) is 4.74 Å². The first-order chi connectivity index (χ1) is 18.7. The molecule has 2 aromatic carbocycles. The number of benzene rings is 2. The highest BCUT2D eigenvalue weighted by Gasteiger charge is 2.35. The minimum absolute atomic E-state index is 0.201. The molecule has 2 aliphatic rings. The summed E-state index contributed by atoms with van der Waals surface area (Å²) >= 11 is 1.20. The maximum Gasteiger partial charge on any atom is 0.338 e. The summed E-state index contributed by atoms with van der Waals surface area (Å²) in [5, 5.41) is 5.82. The molecule has 0 aliphatic carbocycles. The number of rotatable bonds is 6. The Kier molecular flexibility index (Phi) is 7.05. The van der Waals surface area contributed by atoms with Crippen molar-refractivity contribution in [2.24, 2.45) is 16.0 Å². The Morgan fingerprint density at radius 2 is 1.77 bits per heavy atom. The highest BCUT2D eigenvalue weighted by Crippen LogP contribution is 2.32. The average Bonchev–Trinajstić information content (AvgIpc) is 3.38. The van der Waals surface area contributed by atoms with Crippen LogP contribution in [0.3, 0.4) is 0 Å². The number of hydrogen-bond donors (Lipinski definition) is 0. The number of carbonyl (C=O) groups excluding carboxylic acids is 2. The molecular weight excluding hydrogens is 514 g/mol. The van der Waals surface area contributed by atoms with Gasteiger partial charge in [0.2, 0.25) is 0 Å². The van der Waals surface area contributed by atoms with Crippen molar-refractivity contribution in [1.82, 2.24) is 4.57 Å². The molecule has 0 saturated carbocycles. The molecule has 0 spiro atoms. The predicted molar refractivity (Wildman–Crippen MR) is 153 cm³/mol. The van der Waals surface area contributed by atoms with Crippen LogP contribution in [0.25, 0.3) is 6.08 Å². The van der Waals surface area contributed by atoms with E-state index in [9.17, 15) is 14.4 Å². The molecule has 5 rings (SSSR count). The number of carbonyl (C=O) groups is 2. The third kappa shape index (κ3) is 4.72. The zero-order chi connectivity index (χ0) is 27.8. The number of ether oxygens (including phenoxy) is 1. The molecule has 3 heterocycles. The minimum atomic E-state index is -0.714. The van der Waals surface area contributed by atoms with Crippen molar-refractivity contribution in [3.63, 3.8) is 0 Å². The van der Waals surface area contributed by atoms with E-state index in [1.807, 2.05) is 73.6 Å². The summed E-state index contributed by atoms with van der Waals surface area (Å²) in [4.78, 5) is 47.3. The van der Waals surface area contributed by atoms with Crippen LogP contribution in [0.15, 0.2) is 80.8 Å². The fourth-order valence-electron chi connectivity index (χ4n) is 4.75. The van der Waals surface area contributed by atoms with Crippen molar-refractivity contribution in [2.45, 2.75) is 26.8 Å². The molecule has 0 saturated heterocycles. The Balaban J connectivity index is 1.62. The number of thiazole rings is 1. The summed E-state index contributed by atoms with van der Waals surface area (Å²) in [5.41, 5.74) is 3.49. The van der Waals surface area contributed by atoms with E-state index in [-0.39, 0.29) is 18.1 Å². The molecule has 0 N–H and O–H groups in total. The lowest BCUT2D eigenvalue weighted by atomic mass is 9.95. The van der Waals surface area contributed by atoms with Gasteiger partial charge in [0.25, 0.3) is 11.5 Å². The Hall–Kier alpha value is -4.31. The molecule has 0 radical (unpaired) electrons. The highest BCUT2D eigenvalue weighted by molar-refractivity contribution is 7.07. The maximum absolute atomic E-state index is 13.9. The third-order valence-corrected chi connectivity index (χ3v) is 7.74. The quantitative estimate of drug-likeness (QED) is 0.446. The Morgan fingerprint density at radius 3 is 2.41 bits per heavy atom. The van der Waals surface area contributed by atoms with Crippen LogP contribution in [0.1, 0.15) is 32.4 Å². The van der Waals surface area contributed by atoms with Crippen molar-refractivity contribution >= 4 is 46.4 Å². The second-order valence-corrected chi connectivity index (χ2v) is 10.5. The van der Waals surface area contributed by atoms with Crippen LogP contribution in [0.5, 0.6) is 0 Å². The van der Waals surface area contributed by atoms with Crippen molar-refractivity contribution in [3.05, 3.63) is 91.1 Å². The number of hydrazone groups is 1. The van der Waals surface area contributed by atoms with Crippen LogP contribution >= 0.6 is 11.3 Å². The van der Waals surface area contributed by atoms with Crippen LogP contribution in [0, 0.1) is 5.92 Å². The van der Waals surface area contributed by atoms with Crippen molar-refractivity contribution < 1.29 is 14.3 Å². The maximum atomic E-state index is 13.9. The molecule has 2 atom stereocenters. The van der Waals surface area contributed by atoms with Crippen molar-refractivity contribution in [3.8, 4) is 0 Å². The number of fused-ring (bicyclic) bond motifs is 1. The van der Waals surface area contributed by atoms with Gasteiger partial charge in [0.15, 0.2) is 4.80 Å². The van der Waals surface area contributed by atoms with Crippen LogP contribution in [-0.4, -0.2) is 42.9 Å². The molecule has 1 aromatic heterocycles. The smallest absolute Gasteiger partial charge is 0.338 e. The largest absolute Gasteiger partial charge is 0.463 e. The van der Waals surface area contributed by atoms with Gasteiger partial charge in [-0.15, -0.1) is 0 Å². The summed E-state index contributed by atoms with van der Waals surface area (Å²) in [6.45, 7) is 5.47. The number of para-hydroxylation sites is 1. The average molecular weight is 544 g/mol. The van der Waals surface area contributed by atoms with Gasteiger partial charge < -0.3 is 9.64 Å². The second-order valence-electron chi connectivity index (χ2n) is 9.52. The summed E-state index contributed by atoms with van der Waals surface area (Å²) in [6.07, 6.45) is 1.66. The molecule has 0 unspecified atom stereocenters. The standard InChI is InChI=1S/C29H29N5O4S/c1-6-38-28(37)24-18(3)30-29-33(25(24)19-12-14-20(15-13-19)32(4)5)27(36)23(39-29)16-22-17(2)31-34(26(22)35)21-10-8-7-9-11-21/h7-16,22,25H,6H2,1-5H3/b23-16+/t22-,25+/m1/s1. The SMILES string of the molecule is CCOC(=O)C1=C(C)N=c2s/c(=C/[C@H]3C(=O)N(c4ccccc4)N=C3C)c(=O)n2[C@H]1c1ccc(N(C)C)cc1. The minimum Gasteiger partial charge on any atom is -0.463 e. The molecule has 200 valence electrons. The first kappa shape index (κ1) is 26.3. The predicted octanol–water partition coefficient (Wildman–Crippen LogP) is 2.85. The van der Waals surface area contributed by atoms with Crippen molar-refractivity contribution in [1.29, 1.82) is 0 Å². The lowest BCUT2D eigenvalue weighted by molar-refractivity contribution is -0.139. The molecule has 10 heteroatoms. The fraction of sp³-hybridized carbons (Fsp3) is 0.276. The summed E-state index contributed by atoms with van der Waals surface area (Å²) in [6, 6.07) is 16.2. The highest BCUT2D eigenvalue weighted by atomic mass is 32.1. The fourth-order valence-corrected chi connectivity index (χ4v) is 5.81. The van der Waals surface area contributed by atoms with Gasteiger partial charge in [0.05, 0.1) is 39.9 Å². The second kappa shape index (κ2) is 10.5. The van der Waals surface area contributed by atoms with Gasteiger partial charge in [-0.05, 0) is 56.7 Å². The number of allylic oxidation sites excluding steroid dienone is 1. The van der Waals surface area contributed by atoms with Gasteiger partial charge in [-0.25, -0.2) is 9.79 Å². The lowest BCUT2D eigenvalue weighted by Crippen LogP contribution is -2.40. The van der Waals surface area contributed by atoms with Gasteiger partial charge in [-0.2, -0.15) is 10.1 Å². The number of aromatic nitrogens is 1. The van der Waals surface area contributed by atoms with Gasteiger partial charge in [0.1, 0.15) is 5.92 Å². The molecule has 2 aliphatic heterocycles. The van der Waals surface area contributed by atoms with Gasteiger partial charge >= 0.3 is 5.97 Å². The van der Waals surface area contributed by atoms with E-state index < -0.39 is 17.9 Å². The number of esters is 1.